The SMILES string of the molecule is COCCNC(=O)C(N)NC(=O)CC(C)O. The van der Waals surface area contributed by atoms with Crippen molar-refractivity contribution in [1.82, 2.24) is 10.6 Å². The summed E-state index contributed by atoms with van der Waals surface area (Å²) in [6.07, 6.45) is -1.95. The molecule has 2 atom stereocenters. The third-order valence-corrected chi connectivity index (χ3v) is 1.69. The molecule has 0 aromatic carbocycles. The Labute approximate surface area is 94.3 Å². The van der Waals surface area contributed by atoms with Crippen molar-refractivity contribution < 1.29 is 19.4 Å². The molecule has 0 saturated heterocycles. The van der Waals surface area contributed by atoms with Gasteiger partial charge in [0.1, 0.15) is 0 Å². The Morgan fingerprint density at radius 1 is 1.50 bits per heavy atom. The van der Waals surface area contributed by atoms with Gasteiger partial charge in [0.05, 0.1) is 19.1 Å². The number of hydrogen-bond donors (Lipinski definition) is 4. The lowest BCUT2D eigenvalue weighted by atomic mass is 10.2. The summed E-state index contributed by atoms with van der Waals surface area (Å²) in [5.74, 6) is -0.958. The van der Waals surface area contributed by atoms with E-state index in [1.807, 2.05) is 0 Å². The van der Waals surface area contributed by atoms with Crippen LogP contribution in [0.4, 0.5) is 0 Å². The van der Waals surface area contributed by atoms with Gasteiger partial charge in [0.15, 0.2) is 6.17 Å². The molecule has 0 spiro atoms. The molecule has 0 aliphatic rings. The third kappa shape index (κ3) is 7.16. The van der Waals surface area contributed by atoms with Crippen molar-refractivity contribution in [2.24, 2.45) is 5.73 Å². The molecule has 7 nitrogen and oxygen atoms in total. The van der Waals surface area contributed by atoms with Crippen LogP contribution in [-0.2, 0) is 14.3 Å². The summed E-state index contributed by atoms with van der Waals surface area (Å²) < 4.78 is 4.73. The molecule has 0 aromatic rings. The smallest absolute Gasteiger partial charge is 0.257 e. The van der Waals surface area contributed by atoms with E-state index in [2.05, 4.69) is 10.6 Å². The Kier molecular flexibility index (Phi) is 7.44. The summed E-state index contributed by atoms with van der Waals surface area (Å²) in [6, 6.07) is 0. The summed E-state index contributed by atoms with van der Waals surface area (Å²) in [6.45, 7) is 2.18. The Morgan fingerprint density at radius 2 is 2.12 bits per heavy atom. The number of carbonyl (C=O) groups is 2. The van der Waals surface area contributed by atoms with Crippen molar-refractivity contribution in [2.45, 2.75) is 25.6 Å². The highest BCUT2D eigenvalue weighted by Gasteiger charge is 2.16. The van der Waals surface area contributed by atoms with Gasteiger partial charge in [-0.05, 0) is 6.92 Å². The first kappa shape index (κ1) is 14.8. The molecule has 0 aromatic heterocycles. The minimum Gasteiger partial charge on any atom is -0.393 e. The highest BCUT2D eigenvalue weighted by molar-refractivity contribution is 5.87. The van der Waals surface area contributed by atoms with Crippen molar-refractivity contribution in [3.63, 3.8) is 0 Å². The van der Waals surface area contributed by atoms with E-state index in [4.69, 9.17) is 15.6 Å². The van der Waals surface area contributed by atoms with E-state index in [-0.39, 0.29) is 6.42 Å². The average Bonchev–Trinajstić information content (AvgIpc) is 2.16. The van der Waals surface area contributed by atoms with E-state index in [0.717, 1.165) is 0 Å². The third-order valence-electron chi connectivity index (χ3n) is 1.69. The molecule has 0 bridgehead atoms. The van der Waals surface area contributed by atoms with E-state index in [1.165, 1.54) is 14.0 Å². The largest absolute Gasteiger partial charge is 0.393 e. The molecule has 0 rings (SSSR count). The van der Waals surface area contributed by atoms with Crippen LogP contribution in [0.25, 0.3) is 0 Å². The fourth-order valence-electron chi connectivity index (χ4n) is 0.952. The van der Waals surface area contributed by atoms with Gasteiger partial charge in [-0.3, -0.25) is 9.59 Å². The standard InChI is InChI=1S/C9H19N3O4/c1-6(13)5-7(14)12-8(10)9(15)11-3-4-16-2/h6,8,13H,3-5,10H2,1-2H3,(H,11,15)(H,12,14). The second kappa shape index (κ2) is 8.03. The molecule has 0 radical (unpaired) electrons. The summed E-state index contributed by atoms with van der Waals surface area (Å²) >= 11 is 0. The van der Waals surface area contributed by atoms with Crippen LogP contribution in [0.3, 0.4) is 0 Å². The first-order chi connectivity index (χ1) is 7.47. The molecular formula is C9H19N3O4. The molecule has 0 fully saturated rings. The number of methoxy groups -OCH3 is 1. The maximum Gasteiger partial charge on any atom is 0.257 e. The van der Waals surface area contributed by atoms with Crippen LogP contribution in [-0.4, -0.2) is 49.5 Å². The van der Waals surface area contributed by atoms with Gasteiger partial charge in [0.2, 0.25) is 5.91 Å². The number of carbonyl (C=O) groups excluding carboxylic acids is 2. The number of amides is 2. The molecule has 7 heteroatoms. The molecule has 0 aliphatic carbocycles. The lowest BCUT2D eigenvalue weighted by Gasteiger charge is -2.14. The second-order valence-corrected chi connectivity index (χ2v) is 3.38. The van der Waals surface area contributed by atoms with Crippen LogP contribution in [0.15, 0.2) is 0 Å². The molecule has 2 amide bonds. The number of ether oxygens (including phenoxy) is 1. The minimum atomic E-state index is -1.11. The quantitative estimate of drug-likeness (QED) is 0.298. The van der Waals surface area contributed by atoms with Crippen LogP contribution < -0.4 is 16.4 Å². The maximum atomic E-state index is 11.3. The number of hydrogen-bond acceptors (Lipinski definition) is 5. The van der Waals surface area contributed by atoms with Gasteiger partial charge >= 0.3 is 0 Å². The predicted molar refractivity (Wildman–Crippen MR) is 57.3 cm³/mol. The molecule has 0 heterocycles. The first-order valence-electron chi connectivity index (χ1n) is 4.97. The van der Waals surface area contributed by atoms with Crippen LogP contribution >= 0.6 is 0 Å². The van der Waals surface area contributed by atoms with Crippen molar-refractivity contribution in [3.05, 3.63) is 0 Å². The minimum absolute atomic E-state index is 0.0843. The van der Waals surface area contributed by atoms with Gasteiger partial charge in [-0.25, -0.2) is 0 Å². The van der Waals surface area contributed by atoms with Gasteiger partial charge < -0.3 is 26.2 Å². The zero-order valence-corrected chi connectivity index (χ0v) is 9.53. The first-order valence-corrected chi connectivity index (χ1v) is 4.97. The van der Waals surface area contributed by atoms with Crippen LogP contribution in [0, 0.1) is 0 Å². The van der Waals surface area contributed by atoms with Crippen molar-refractivity contribution in [1.29, 1.82) is 0 Å². The van der Waals surface area contributed by atoms with Crippen LogP contribution in [0.2, 0.25) is 0 Å². The topological polar surface area (TPSA) is 114 Å². The molecule has 2 unspecified atom stereocenters. The lowest BCUT2D eigenvalue weighted by molar-refractivity contribution is -0.129. The molecule has 0 aliphatic heterocycles. The van der Waals surface area contributed by atoms with Crippen molar-refractivity contribution >= 4 is 11.8 Å². The average molecular weight is 233 g/mol. The zero-order chi connectivity index (χ0) is 12.6. The van der Waals surface area contributed by atoms with Gasteiger partial charge in [-0.2, -0.15) is 0 Å². The van der Waals surface area contributed by atoms with E-state index in [9.17, 15) is 9.59 Å². The fourth-order valence-corrected chi connectivity index (χ4v) is 0.952. The van der Waals surface area contributed by atoms with Crippen molar-refractivity contribution in [3.8, 4) is 0 Å². The number of nitrogens with two attached hydrogens (primary N) is 1. The molecular weight excluding hydrogens is 214 g/mol. The number of aliphatic hydroxyl groups excluding tert-OH is 1. The highest BCUT2D eigenvalue weighted by Crippen LogP contribution is 1.89. The fraction of sp³-hybridized carbons (Fsp3) is 0.778. The van der Waals surface area contributed by atoms with Crippen LogP contribution in [0.5, 0.6) is 0 Å². The molecule has 94 valence electrons. The summed E-state index contributed by atoms with van der Waals surface area (Å²) in [4.78, 5) is 22.4. The molecule has 16 heavy (non-hydrogen) atoms. The Balaban J connectivity index is 3.81. The van der Waals surface area contributed by atoms with E-state index in [1.54, 1.807) is 0 Å². The molecule has 5 N–H and O–H groups in total. The lowest BCUT2D eigenvalue weighted by Crippen LogP contribution is -2.53. The Hall–Kier alpha value is -1.18. The van der Waals surface area contributed by atoms with Gasteiger partial charge in [-0.1, -0.05) is 0 Å². The van der Waals surface area contributed by atoms with Gasteiger partial charge in [0, 0.05) is 13.7 Å². The number of aliphatic hydroxyl groups is 1. The summed E-state index contributed by atoms with van der Waals surface area (Å²) in [7, 11) is 1.51. The second-order valence-electron chi connectivity index (χ2n) is 3.38. The van der Waals surface area contributed by atoms with Crippen molar-refractivity contribution in [2.75, 3.05) is 20.3 Å². The summed E-state index contributed by atoms with van der Waals surface area (Å²) in [5, 5.41) is 13.7. The van der Waals surface area contributed by atoms with Crippen LogP contribution in [0.1, 0.15) is 13.3 Å². The van der Waals surface area contributed by atoms with Gasteiger partial charge in [-0.15, -0.1) is 0 Å². The van der Waals surface area contributed by atoms with E-state index in [0.29, 0.717) is 13.2 Å². The predicted octanol–water partition coefficient (Wildman–Crippen LogP) is -2.08. The zero-order valence-electron chi connectivity index (χ0n) is 9.53. The maximum absolute atomic E-state index is 11.3. The van der Waals surface area contributed by atoms with Gasteiger partial charge in [0.25, 0.3) is 5.91 Å². The molecule has 0 saturated carbocycles. The van der Waals surface area contributed by atoms with E-state index < -0.39 is 24.1 Å². The van der Waals surface area contributed by atoms with E-state index >= 15 is 0 Å². The number of rotatable bonds is 7. The summed E-state index contributed by atoms with van der Waals surface area (Å²) in [5.41, 5.74) is 5.41. The number of nitrogens with one attached hydrogen (secondary N) is 2. The Morgan fingerprint density at radius 3 is 2.62 bits per heavy atom. The normalized spacial score (nSPS) is 14.0. The monoisotopic (exact) mass is 233 g/mol. The highest BCUT2D eigenvalue weighted by atomic mass is 16.5. The Bertz CT molecular complexity index is 233.